The number of hydrogen-bond acceptors (Lipinski definition) is 14. The Hall–Kier alpha value is -0.680. The molecule has 0 aliphatic rings. The zero-order chi connectivity index (χ0) is 48.9. The van der Waals surface area contributed by atoms with Gasteiger partial charge in [0.25, 0.3) is 23.6 Å². The van der Waals surface area contributed by atoms with Crippen molar-refractivity contribution in [3.8, 4) is 0 Å². The molecule has 4 unspecified atom stereocenters. The normalized spacial score (nSPS) is 13.1. The quantitative estimate of drug-likeness (QED) is 0.0552. The molecular weight excluding hydrogens is 1530 g/mol. The lowest BCUT2D eigenvalue weighted by molar-refractivity contribution is -0.118. The number of aliphatic hydroxyl groups is 8. The zero-order valence-electron chi connectivity index (χ0n) is 34.9. The second-order valence-electron chi connectivity index (χ2n) is 14.5. The van der Waals surface area contributed by atoms with Crippen LogP contribution in [0.3, 0.4) is 0 Å². The number of carbonyl (C=O) groups is 6. The first-order valence-corrected chi connectivity index (χ1v) is 25.6. The van der Waals surface area contributed by atoms with Gasteiger partial charge in [0.15, 0.2) is 0 Å². The summed E-state index contributed by atoms with van der Waals surface area (Å²) in [6.45, 7) is -3.38. The highest BCUT2D eigenvalue weighted by molar-refractivity contribution is 14.1. The van der Waals surface area contributed by atoms with Gasteiger partial charge in [-0.3, -0.25) is 28.8 Å². The number of nitrogens with one attached hydrogen (secondary N) is 2. The monoisotopic (exact) mass is 1580 g/mol. The molecule has 0 spiro atoms. The molecule has 64 heavy (non-hydrogen) atoms. The number of amides is 6. The van der Waals surface area contributed by atoms with Crippen LogP contribution in [0.1, 0.15) is 67.1 Å². The molecule has 0 fully saturated rings. The topological polar surface area (TPSA) is 301 Å². The average Bonchev–Trinajstić information content (AvgIpc) is 3.24. The Balaban J connectivity index is 2.43. The van der Waals surface area contributed by atoms with E-state index in [9.17, 15) is 69.6 Å². The molecule has 0 aromatic heterocycles. The van der Waals surface area contributed by atoms with E-state index in [1.165, 1.54) is 47.8 Å². The maximum atomic E-state index is 13.8. The molecular formula is C38H50I6N6O14. The van der Waals surface area contributed by atoms with Gasteiger partial charge in [0.05, 0.1) is 98.8 Å². The van der Waals surface area contributed by atoms with Crippen LogP contribution >= 0.6 is 136 Å². The fourth-order valence-corrected chi connectivity index (χ4v) is 14.6. The van der Waals surface area contributed by atoms with Crippen molar-refractivity contribution in [2.45, 2.75) is 50.1 Å². The van der Waals surface area contributed by atoms with Crippen molar-refractivity contribution in [3.63, 3.8) is 0 Å². The Morgan fingerprint density at radius 2 is 0.625 bits per heavy atom. The minimum Gasteiger partial charge on any atom is -0.394 e. The van der Waals surface area contributed by atoms with Gasteiger partial charge in [-0.05, 0) is 148 Å². The fourth-order valence-electron chi connectivity index (χ4n) is 5.86. The number of benzene rings is 2. The Kier molecular flexibility index (Phi) is 26.1. The van der Waals surface area contributed by atoms with Crippen molar-refractivity contribution in [1.82, 2.24) is 19.6 Å². The Labute approximate surface area is 451 Å². The van der Waals surface area contributed by atoms with Crippen LogP contribution in [0.2, 0.25) is 0 Å². The number of aliphatic hydroxyl groups excluding tert-OH is 8. The van der Waals surface area contributed by atoms with Crippen molar-refractivity contribution >= 4 is 182 Å². The van der Waals surface area contributed by atoms with Crippen LogP contribution in [0.5, 0.6) is 0 Å². The van der Waals surface area contributed by atoms with Crippen molar-refractivity contribution in [3.05, 3.63) is 43.7 Å². The summed E-state index contributed by atoms with van der Waals surface area (Å²) in [5, 5.41) is 83.1. The van der Waals surface area contributed by atoms with Crippen molar-refractivity contribution in [2.75, 3.05) is 91.4 Å². The first kappa shape index (κ1) is 59.4. The van der Waals surface area contributed by atoms with Crippen molar-refractivity contribution < 1.29 is 69.6 Å². The van der Waals surface area contributed by atoms with Crippen LogP contribution < -0.4 is 10.6 Å². The fraction of sp³-hybridized carbons (Fsp3) is 0.526. The molecule has 0 heterocycles. The lowest BCUT2D eigenvalue weighted by atomic mass is 10.1. The Morgan fingerprint density at radius 1 is 0.422 bits per heavy atom. The first-order chi connectivity index (χ1) is 29.9. The Morgan fingerprint density at radius 3 is 0.812 bits per heavy atom. The molecule has 26 heteroatoms. The molecule has 0 aliphatic heterocycles. The highest BCUT2D eigenvalue weighted by Crippen LogP contribution is 2.39. The highest BCUT2D eigenvalue weighted by Gasteiger charge is 2.34. The summed E-state index contributed by atoms with van der Waals surface area (Å²) >= 11 is 11.2. The molecule has 358 valence electrons. The first-order valence-electron chi connectivity index (χ1n) is 19.1. The van der Waals surface area contributed by atoms with E-state index in [1.54, 1.807) is 0 Å². The molecule has 0 radical (unpaired) electrons. The van der Waals surface area contributed by atoms with E-state index in [-0.39, 0.29) is 107 Å². The highest BCUT2D eigenvalue weighted by atomic mass is 127. The van der Waals surface area contributed by atoms with Gasteiger partial charge in [-0.25, -0.2) is 0 Å². The lowest BCUT2D eigenvalue weighted by Gasteiger charge is -2.26. The number of likely N-dealkylation sites (N-methyl/N-ethyl adjacent to an activating group) is 4. The van der Waals surface area contributed by atoms with Gasteiger partial charge in [-0.15, -0.1) is 0 Å². The van der Waals surface area contributed by atoms with Gasteiger partial charge < -0.3 is 71.1 Å². The van der Waals surface area contributed by atoms with E-state index in [0.29, 0.717) is 0 Å². The summed E-state index contributed by atoms with van der Waals surface area (Å²) in [6, 6.07) is 0. The third kappa shape index (κ3) is 15.9. The number of rotatable bonds is 23. The van der Waals surface area contributed by atoms with E-state index < -0.39 is 86.3 Å². The number of hydrogen-bond donors (Lipinski definition) is 10. The molecule has 0 bridgehead atoms. The maximum absolute atomic E-state index is 13.8. The van der Waals surface area contributed by atoms with Gasteiger partial charge in [-0.1, -0.05) is 0 Å². The van der Waals surface area contributed by atoms with E-state index in [0.717, 1.165) is 0 Å². The summed E-state index contributed by atoms with van der Waals surface area (Å²) < 4.78 is 1.60. The molecule has 20 nitrogen and oxygen atoms in total. The largest absolute Gasteiger partial charge is 0.394 e. The van der Waals surface area contributed by atoms with Gasteiger partial charge in [-0.2, -0.15) is 0 Å². The van der Waals surface area contributed by atoms with Crippen molar-refractivity contribution in [1.29, 1.82) is 0 Å². The molecule has 0 saturated carbocycles. The predicted octanol–water partition coefficient (Wildman–Crippen LogP) is 1.15. The number of halogens is 6. The van der Waals surface area contributed by atoms with Gasteiger partial charge in [0.1, 0.15) is 0 Å². The lowest BCUT2D eigenvalue weighted by Crippen LogP contribution is -2.39. The van der Waals surface area contributed by atoms with Crippen LogP contribution in [0.25, 0.3) is 0 Å². The molecule has 6 amide bonds. The van der Waals surface area contributed by atoms with Crippen LogP contribution in [-0.4, -0.2) is 201 Å². The van der Waals surface area contributed by atoms with E-state index in [4.69, 9.17) is 0 Å². The van der Waals surface area contributed by atoms with Gasteiger partial charge >= 0.3 is 0 Å². The number of anilines is 2. The summed E-state index contributed by atoms with van der Waals surface area (Å²) in [5.74, 6) is -3.48. The molecule has 2 aromatic rings. The molecule has 10 N–H and O–H groups in total. The molecule has 0 aliphatic carbocycles. The second-order valence-corrected chi connectivity index (χ2v) is 21.0. The van der Waals surface area contributed by atoms with Crippen LogP contribution in [0.15, 0.2) is 0 Å². The van der Waals surface area contributed by atoms with Crippen LogP contribution in [0.4, 0.5) is 11.4 Å². The average molecular weight is 1580 g/mol. The zero-order valence-corrected chi connectivity index (χ0v) is 47.8. The predicted molar refractivity (Wildman–Crippen MR) is 285 cm³/mol. The third-order valence-electron chi connectivity index (χ3n) is 9.24. The second kappa shape index (κ2) is 28.1. The van der Waals surface area contributed by atoms with Crippen LogP contribution in [-0.2, 0) is 9.59 Å². The summed E-state index contributed by atoms with van der Waals surface area (Å²) in [5.41, 5.74) is 0.459. The van der Waals surface area contributed by atoms with Crippen molar-refractivity contribution in [2.24, 2.45) is 0 Å². The summed E-state index contributed by atoms with van der Waals surface area (Å²) in [7, 11) is 5.61. The number of unbranched alkanes of at least 4 members (excludes halogenated alkanes) is 1. The summed E-state index contributed by atoms with van der Waals surface area (Å²) in [4.78, 5) is 86.7. The minimum absolute atomic E-state index is 0.0408. The SMILES string of the molecule is CN(CC(O)CO)C(=O)c1c(I)c(NC(=O)CCCCC(=O)Nc2c(I)c(C(=O)N(C)CC(O)CO)c(I)c(C(=O)N(C)CC(O)CO)c2I)c(I)c(C(=O)N(C)CC(O)CO)c1I. The molecule has 4 atom stereocenters. The molecule has 2 rings (SSSR count). The maximum Gasteiger partial charge on any atom is 0.255 e. The van der Waals surface area contributed by atoms with Gasteiger partial charge in [0.2, 0.25) is 11.8 Å². The standard InChI is InChI=1S/C38H50I6N6O14/c1-47(9-17(55)13-51)35(61)23-27(39)24(36(62)48(2)10-18(56)14-52)30(42)33(29(23)41)45-21(59)7-5-6-8-22(60)46-34-31(43)25(37(63)49(3)11-19(57)15-53)28(40)26(32(34)44)38(64)50(4)12-20(58)16-54/h17-20,51-58H,5-16H2,1-4H3,(H,45,59)(H,46,60). The van der Waals surface area contributed by atoms with E-state index in [2.05, 4.69) is 10.6 Å². The minimum atomic E-state index is -1.25. The third-order valence-corrected chi connectivity index (χ3v) is 15.7. The smallest absolute Gasteiger partial charge is 0.255 e. The van der Waals surface area contributed by atoms with Crippen LogP contribution in [0, 0.1) is 21.4 Å². The molecule has 0 saturated heterocycles. The number of carbonyl (C=O) groups excluding carboxylic acids is 6. The molecule has 2 aromatic carbocycles. The van der Waals surface area contributed by atoms with Gasteiger partial charge in [0, 0.05) is 74.4 Å². The van der Waals surface area contributed by atoms with E-state index >= 15 is 0 Å². The van der Waals surface area contributed by atoms with E-state index in [1.807, 2.05) is 136 Å². The number of nitrogens with zero attached hydrogens (tertiary/aromatic N) is 4. The summed E-state index contributed by atoms with van der Waals surface area (Å²) in [6.07, 6.45) is -4.79. The Bertz CT molecular complexity index is 1800.